The summed E-state index contributed by atoms with van der Waals surface area (Å²) in [6.45, 7) is 1.67. The molecule has 0 saturated carbocycles. The van der Waals surface area contributed by atoms with Crippen LogP contribution in [-0.2, 0) is 4.74 Å². The summed E-state index contributed by atoms with van der Waals surface area (Å²) in [6.07, 6.45) is -0.0360. The SMILES string of the molecule is CC1CC(O)(O)OC(O)(O)C1. The lowest BCUT2D eigenvalue weighted by Crippen LogP contribution is -2.51. The van der Waals surface area contributed by atoms with Crippen molar-refractivity contribution >= 4 is 0 Å². The van der Waals surface area contributed by atoms with Gasteiger partial charge in [0.25, 0.3) is 11.9 Å². The summed E-state index contributed by atoms with van der Waals surface area (Å²) in [7, 11) is 0. The van der Waals surface area contributed by atoms with Gasteiger partial charge in [-0.15, -0.1) is 0 Å². The van der Waals surface area contributed by atoms with Crippen LogP contribution in [0.25, 0.3) is 0 Å². The van der Waals surface area contributed by atoms with Gasteiger partial charge in [-0.3, -0.25) is 4.74 Å². The lowest BCUT2D eigenvalue weighted by atomic mass is 9.98. The highest BCUT2D eigenvalue weighted by Gasteiger charge is 2.44. The Labute approximate surface area is 63.8 Å². The zero-order chi connectivity index (χ0) is 8.70. The van der Waals surface area contributed by atoms with Crippen LogP contribution in [0.1, 0.15) is 19.8 Å². The third kappa shape index (κ3) is 2.39. The van der Waals surface area contributed by atoms with Crippen molar-refractivity contribution in [3.05, 3.63) is 0 Å². The van der Waals surface area contributed by atoms with Gasteiger partial charge in [-0.25, -0.2) is 0 Å². The van der Waals surface area contributed by atoms with Crippen LogP contribution in [0, 0.1) is 5.92 Å². The molecule has 66 valence electrons. The van der Waals surface area contributed by atoms with Crippen molar-refractivity contribution < 1.29 is 25.2 Å². The first-order chi connectivity index (χ1) is 4.81. The number of aliphatic hydroxyl groups is 4. The van der Waals surface area contributed by atoms with E-state index in [4.69, 9.17) is 20.4 Å². The van der Waals surface area contributed by atoms with Gasteiger partial charge in [-0.2, -0.15) is 0 Å². The molecule has 0 amide bonds. The molecule has 0 atom stereocenters. The van der Waals surface area contributed by atoms with Crippen LogP contribution in [0.2, 0.25) is 0 Å². The predicted octanol–water partition coefficient (Wildman–Crippen LogP) is -1.29. The monoisotopic (exact) mass is 164 g/mol. The first kappa shape index (κ1) is 8.89. The average Bonchev–Trinajstić information content (AvgIpc) is 1.49. The van der Waals surface area contributed by atoms with E-state index >= 15 is 0 Å². The summed E-state index contributed by atoms with van der Waals surface area (Å²) < 4.78 is 4.15. The molecule has 0 aromatic carbocycles. The van der Waals surface area contributed by atoms with Crippen LogP contribution in [-0.4, -0.2) is 32.4 Å². The maximum atomic E-state index is 8.89. The van der Waals surface area contributed by atoms with E-state index in [0.29, 0.717) is 0 Å². The smallest absolute Gasteiger partial charge is 0.282 e. The van der Waals surface area contributed by atoms with Crippen molar-refractivity contribution in [3.63, 3.8) is 0 Å². The van der Waals surface area contributed by atoms with E-state index in [1.165, 1.54) is 0 Å². The number of ether oxygens (including phenoxy) is 1. The molecule has 0 aromatic heterocycles. The molecule has 1 aliphatic rings. The molecule has 1 aliphatic heterocycles. The van der Waals surface area contributed by atoms with Gasteiger partial charge < -0.3 is 20.4 Å². The highest BCUT2D eigenvalue weighted by atomic mass is 16.9. The van der Waals surface area contributed by atoms with Gasteiger partial charge >= 0.3 is 0 Å². The van der Waals surface area contributed by atoms with Crippen LogP contribution in [0.3, 0.4) is 0 Å². The van der Waals surface area contributed by atoms with Crippen molar-refractivity contribution in [2.75, 3.05) is 0 Å². The minimum Gasteiger partial charge on any atom is -0.343 e. The third-order valence-corrected chi connectivity index (χ3v) is 1.56. The van der Waals surface area contributed by atoms with Crippen molar-refractivity contribution in [2.24, 2.45) is 5.92 Å². The summed E-state index contributed by atoms with van der Waals surface area (Å²) in [6, 6.07) is 0. The van der Waals surface area contributed by atoms with E-state index in [1.54, 1.807) is 6.92 Å². The number of rotatable bonds is 0. The first-order valence-corrected chi connectivity index (χ1v) is 3.40. The quantitative estimate of drug-likeness (QED) is 0.334. The fraction of sp³-hybridized carbons (Fsp3) is 1.00. The summed E-state index contributed by atoms with van der Waals surface area (Å²) in [5.41, 5.74) is 0. The topological polar surface area (TPSA) is 90.2 Å². The van der Waals surface area contributed by atoms with Gasteiger partial charge in [0.05, 0.1) is 0 Å². The highest BCUT2D eigenvalue weighted by molar-refractivity contribution is 4.71. The molecule has 0 bridgehead atoms. The molecule has 0 radical (unpaired) electrons. The minimum atomic E-state index is -2.42. The zero-order valence-corrected chi connectivity index (χ0v) is 6.19. The Balaban J connectivity index is 2.66. The van der Waals surface area contributed by atoms with Gasteiger partial charge in [-0.05, 0) is 5.92 Å². The molecule has 0 aliphatic carbocycles. The Morgan fingerprint density at radius 3 is 1.73 bits per heavy atom. The summed E-state index contributed by atoms with van der Waals surface area (Å²) in [5.74, 6) is -5.03. The molecule has 0 unspecified atom stereocenters. The molecule has 1 rings (SSSR count). The second-order valence-corrected chi connectivity index (χ2v) is 3.10. The molecular weight excluding hydrogens is 152 g/mol. The average molecular weight is 164 g/mol. The van der Waals surface area contributed by atoms with E-state index < -0.39 is 11.9 Å². The molecule has 1 fully saturated rings. The molecular formula is C6H12O5. The van der Waals surface area contributed by atoms with E-state index in [-0.39, 0.29) is 18.8 Å². The van der Waals surface area contributed by atoms with Gasteiger partial charge in [0, 0.05) is 12.8 Å². The van der Waals surface area contributed by atoms with Crippen molar-refractivity contribution in [1.29, 1.82) is 0 Å². The summed E-state index contributed by atoms with van der Waals surface area (Å²) in [5, 5.41) is 35.6. The van der Waals surface area contributed by atoms with Gasteiger partial charge in [0.15, 0.2) is 0 Å². The molecule has 1 heterocycles. The van der Waals surface area contributed by atoms with Crippen LogP contribution in [0.5, 0.6) is 0 Å². The molecule has 4 N–H and O–H groups in total. The maximum Gasteiger partial charge on any atom is 0.282 e. The third-order valence-electron chi connectivity index (χ3n) is 1.56. The van der Waals surface area contributed by atoms with Gasteiger partial charge in [0.2, 0.25) is 0 Å². The lowest BCUT2D eigenvalue weighted by molar-refractivity contribution is -0.494. The fourth-order valence-corrected chi connectivity index (χ4v) is 1.33. The maximum absolute atomic E-state index is 8.89. The molecule has 5 nitrogen and oxygen atoms in total. The Kier molecular flexibility index (Phi) is 1.94. The predicted molar refractivity (Wildman–Crippen MR) is 33.8 cm³/mol. The Morgan fingerprint density at radius 1 is 1.09 bits per heavy atom. The Hall–Kier alpha value is -0.200. The van der Waals surface area contributed by atoms with Crippen LogP contribution in [0.15, 0.2) is 0 Å². The van der Waals surface area contributed by atoms with E-state index in [2.05, 4.69) is 4.74 Å². The second-order valence-electron chi connectivity index (χ2n) is 3.10. The lowest BCUT2D eigenvalue weighted by Gasteiger charge is -2.38. The van der Waals surface area contributed by atoms with Gasteiger partial charge in [-0.1, -0.05) is 6.92 Å². The van der Waals surface area contributed by atoms with E-state index in [1.807, 2.05) is 0 Å². The molecule has 1 saturated heterocycles. The van der Waals surface area contributed by atoms with Gasteiger partial charge in [0.1, 0.15) is 0 Å². The van der Waals surface area contributed by atoms with Crippen molar-refractivity contribution in [3.8, 4) is 0 Å². The molecule has 11 heavy (non-hydrogen) atoms. The van der Waals surface area contributed by atoms with E-state index in [9.17, 15) is 0 Å². The number of hydrogen-bond donors (Lipinski definition) is 4. The van der Waals surface area contributed by atoms with Crippen molar-refractivity contribution in [2.45, 2.75) is 31.7 Å². The fourth-order valence-electron chi connectivity index (χ4n) is 1.33. The normalized spacial score (nSPS) is 30.3. The number of hydrogen-bond acceptors (Lipinski definition) is 5. The summed E-state index contributed by atoms with van der Waals surface area (Å²) in [4.78, 5) is 0. The second kappa shape index (κ2) is 2.40. The molecule has 5 heteroatoms. The van der Waals surface area contributed by atoms with Crippen molar-refractivity contribution in [1.82, 2.24) is 0 Å². The first-order valence-electron chi connectivity index (χ1n) is 3.40. The summed E-state index contributed by atoms with van der Waals surface area (Å²) >= 11 is 0. The zero-order valence-electron chi connectivity index (χ0n) is 6.19. The highest BCUT2D eigenvalue weighted by Crippen LogP contribution is 2.32. The van der Waals surface area contributed by atoms with Crippen LogP contribution in [0.4, 0.5) is 0 Å². The molecule has 0 aromatic rings. The largest absolute Gasteiger partial charge is 0.343 e. The molecule has 0 spiro atoms. The van der Waals surface area contributed by atoms with Crippen LogP contribution >= 0.6 is 0 Å². The van der Waals surface area contributed by atoms with E-state index in [0.717, 1.165) is 0 Å². The van der Waals surface area contributed by atoms with Crippen LogP contribution < -0.4 is 0 Å². The standard InChI is InChI=1S/C6H12O5/c1-4-2-5(7,8)11-6(9,10)3-4/h4,7-10H,2-3H2,1H3. The minimum absolute atomic E-state index is 0.0180. The Morgan fingerprint density at radius 2 is 1.45 bits per heavy atom. The Bertz CT molecular complexity index is 137.